The third-order valence-electron chi connectivity index (χ3n) is 6.12. The molecule has 1 aliphatic rings. The molecule has 3 aromatic rings. The number of aliphatic hydroxyl groups is 1. The summed E-state index contributed by atoms with van der Waals surface area (Å²) in [7, 11) is 0. The van der Waals surface area contributed by atoms with Gasteiger partial charge in [0.2, 0.25) is 0 Å². The highest BCUT2D eigenvalue weighted by atomic mass is 79.9. The Morgan fingerprint density at radius 1 is 1.06 bits per heavy atom. The number of Topliss-reactive ketones (excluding diaryl/α,β-unsaturated/α-hetero) is 1. The van der Waals surface area contributed by atoms with Crippen LogP contribution >= 0.6 is 15.9 Å². The van der Waals surface area contributed by atoms with E-state index in [1.165, 1.54) is 0 Å². The number of benzene rings is 3. The molecule has 4 rings (SSSR count). The van der Waals surface area contributed by atoms with Crippen LogP contribution in [0.4, 0.5) is 5.69 Å². The van der Waals surface area contributed by atoms with Gasteiger partial charge in [-0.05, 0) is 53.8 Å². The lowest BCUT2D eigenvalue weighted by atomic mass is 9.86. The van der Waals surface area contributed by atoms with E-state index in [1.807, 2.05) is 67.6 Å². The zero-order chi connectivity index (χ0) is 23.0. The third-order valence-corrected chi connectivity index (χ3v) is 6.62. The van der Waals surface area contributed by atoms with Gasteiger partial charge in [0.1, 0.15) is 0 Å². The van der Waals surface area contributed by atoms with Gasteiger partial charge in [-0.25, -0.2) is 0 Å². The summed E-state index contributed by atoms with van der Waals surface area (Å²) in [4.78, 5) is 28.5. The lowest BCUT2D eigenvalue weighted by Crippen LogP contribution is -2.41. The first-order chi connectivity index (χ1) is 15.2. The van der Waals surface area contributed by atoms with Crippen LogP contribution in [0.3, 0.4) is 0 Å². The molecule has 0 saturated heterocycles. The van der Waals surface area contributed by atoms with E-state index in [2.05, 4.69) is 29.8 Å². The number of aryl methyl sites for hydroxylation is 1. The minimum atomic E-state index is -1.91. The Morgan fingerprint density at radius 3 is 2.47 bits per heavy atom. The van der Waals surface area contributed by atoms with Gasteiger partial charge in [-0.3, -0.25) is 9.59 Å². The normalized spacial score (nSPS) is 17.7. The molecule has 3 aromatic carbocycles. The number of ketones is 1. The molecule has 0 radical (unpaired) electrons. The Bertz CT molecular complexity index is 1190. The van der Waals surface area contributed by atoms with Gasteiger partial charge in [0.15, 0.2) is 11.4 Å². The summed E-state index contributed by atoms with van der Waals surface area (Å²) in [6, 6.07) is 20.8. The summed E-state index contributed by atoms with van der Waals surface area (Å²) in [6.45, 7) is 6.35. The number of fused-ring (bicyclic) bond motifs is 1. The molecule has 1 aliphatic heterocycles. The van der Waals surface area contributed by atoms with Crippen LogP contribution in [-0.4, -0.2) is 16.8 Å². The molecule has 0 aromatic heterocycles. The summed E-state index contributed by atoms with van der Waals surface area (Å²) in [6.07, 6.45) is -0.303. The smallest absolute Gasteiger partial charge is 0.264 e. The van der Waals surface area contributed by atoms with Crippen molar-refractivity contribution in [1.29, 1.82) is 0 Å². The number of carbonyl (C=O) groups is 2. The van der Waals surface area contributed by atoms with Crippen molar-refractivity contribution in [2.75, 3.05) is 4.90 Å². The monoisotopic (exact) mass is 491 g/mol. The molecule has 32 heavy (non-hydrogen) atoms. The van der Waals surface area contributed by atoms with Gasteiger partial charge in [-0.1, -0.05) is 72.2 Å². The van der Waals surface area contributed by atoms with Crippen LogP contribution in [0.15, 0.2) is 71.2 Å². The fraction of sp³-hybridized carbons (Fsp3) is 0.259. The molecule has 0 bridgehead atoms. The number of hydrogen-bond donors (Lipinski definition) is 1. The predicted molar refractivity (Wildman–Crippen MR) is 130 cm³/mol. The molecule has 0 spiro atoms. The summed E-state index contributed by atoms with van der Waals surface area (Å²) < 4.78 is 0.745. The second-order valence-electron chi connectivity index (χ2n) is 8.73. The standard InChI is InChI=1S/C27H26BrNO3/c1-17(2)20-10-9-18(3)22(13-20)25(30)15-27(32)23-14-21(28)11-12-24(23)29(26(27)31)16-19-7-5-4-6-8-19/h4-14,17,32H,15-16H2,1-3H3/t27-/m1/s1. The molecule has 164 valence electrons. The molecule has 1 N–H and O–H groups in total. The lowest BCUT2D eigenvalue weighted by molar-refractivity contribution is -0.136. The van der Waals surface area contributed by atoms with Crippen molar-refractivity contribution in [3.63, 3.8) is 0 Å². The second-order valence-corrected chi connectivity index (χ2v) is 9.64. The van der Waals surface area contributed by atoms with Crippen molar-refractivity contribution in [2.45, 2.75) is 45.3 Å². The van der Waals surface area contributed by atoms with Gasteiger partial charge in [-0.15, -0.1) is 0 Å². The van der Waals surface area contributed by atoms with Crippen LogP contribution < -0.4 is 4.90 Å². The van der Waals surface area contributed by atoms with Crippen LogP contribution in [-0.2, 0) is 16.9 Å². The Balaban J connectivity index is 1.72. The molecule has 5 heteroatoms. The number of rotatable bonds is 6. The lowest BCUT2D eigenvalue weighted by Gasteiger charge is -2.23. The molecule has 0 unspecified atom stereocenters. The van der Waals surface area contributed by atoms with E-state index in [0.717, 1.165) is 21.2 Å². The van der Waals surface area contributed by atoms with Gasteiger partial charge < -0.3 is 10.0 Å². The highest BCUT2D eigenvalue weighted by Crippen LogP contribution is 2.45. The summed E-state index contributed by atoms with van der Waals surface area (Å²) >= 11 is 3.45. The molecule has 0 fully saturated rings. The van der Waals surface area contributed by atoms with Crippen molar-refractivity contribution >= 4 is 33.3 Å². The molecule has 1 heterocycles. The molecule has 0 saturated carbocycles. The summed E-state index contributed by atoms with van der Waals surface area (Å²) in [5.74, 6) is -0.440. The number of carbonyl (C=O) groups excluding carboxylic acids is 2. The van der Waals surface area contributed by atoms with E-state index >= 15 is 0 Å². The minimum Gasteiger partial charge on any atom is -0.375 e. The van der Waals surface area contributed by atoms with Crippen LogP contribution in [0.2, 0.25) is 0 Å². The third kappa shape index (κ3) is 4.03. The zero-order valence-electron chi connectivity index (χ0n) is 18.4. The average Bonchev–Trinajstić information content (AvgIpc) is 2.96. The quantitative estimate of drug-likeness (QED) is 0.437. The van der Waals surface area contributed by atoms with Gasteiger partial charge in [0, 0.05) is 15.6 Å². The number of anilines is 1. The van der Waals surface area contributed by atoms with Crippen LogP contribution in [0.25, 0.3) is 0 Å². The SMILES string of the molecule is Cc1ccc(C(C)C)cc1C(=O)C[C@]1(O)C(=O)N(Cc2ccccc2)c2ccc(Br)cc21. The van der Waals surface area contributed by atoms with E-state index in [1.54, 1.807) is 11.0 Å². The first kappa shape index (κ1) is 22.4. The highest BCUT2D eigenvalue weighted by molar-refractivity contribution is 9.10. The maximum atomic E-state index is 13.5. The minimum absolute atomic E-state index is 0.242. The summed E-state index contributed by atoms with van der Waals surface area (Å²) in [5, 5.41) is 11.7. The Labute approximate surface area is 197 Å². The van der Waals surface area contributed by atoms with Gasteiger partial charge >= 0.3 is 0 Å². The van der Waals surface area contributed by atoms with Crippen molar-refractivity contribution in [1.82, 2.24) is 0 Å². The van der Waals surface area contributed by atoms with Crippen LogP contribution in [0.5, 0.6) is 0 Å². The van der Waals surface area contributed by atoms with Crippen molar-refractivity contribution in [2.24, 2.45) is 0 Å². The molecule has 1 atom stereocenters. The first-order valence-corrected chi connectivity index (χ1v) is 11.5. The predicted octanol–water partition coefficient (Wildman–Crippen LogP) is 5.89. The van der Waals surface area contributed by atoms with Crippen molar-refractivity contribution in [3.05, 3.63) is 99.0 Å². The number of hydrogen-bond acceptors (Lipinski definition) is 3. The van der Waals surface area contributed by atoms with E-state index in [0.29, 0.717) is 23.4 Å². The Morgan fingerprint density at radius 2 is 1.78 bits per heavy atom. The average molecular weight is 492 g/mol. The molecule has 4 nitrogen and oxygen atoms in total. The van der Waals surface area contributed by atoms with Crippen LogP contribution in [0, 0.1) is 6.92 Å². The second kappa shape index (κ2) is 8.64. The van der Waals surface area contributed by atoms with Crippen LogP contribution in [0.1, 0.15) is 58.8 Å². The zero-order valence-corrected chi connectivity index (χ0v) is 20.0. The maximum Gasteiger partial charge on any atom is 0.264 e. The van der Waals surface area contributed by atoms with Gasteiger partial charge in [0.05, 0.1) is 18.7 Å². The maximum absolute atomic E-state index is 13.5. The fourth-order valence-electron chi connectivity index (χ4n) is 4.24. The number of nitrogens with zero attached hydrogens (tertiary/aromatic N) is 1. The van der Waals surface area contributed by atoms with E-state index < -0.39 is 11.5 Å². The topological polar surface area (TPSA) is 57.6 Å². The first-order valence-electron chi connectivity index (χ1n) is 10.7. The van der Waals surface area contributed by atoms with Crippen molar-refractivity contribution < 1.29 is 14.7 Å². The molecular weight excluding hydrogens is 466 g/mol. The number of amides is 1. The molecule has 0 aliphatic carbocycles. The largest absolute Gasteiger partial charge is 0.375 e. The number of halogens is 1. The highest BCUT2D eigenvalue weighted by Gasteiger charge is 2.51. The van der Waals surface area contributed by atoms with Gasteiger partial charge in [-0.2, -0.15) is 0 Å². The van der Waals surface area contributed by atoms with E-state index in [-0.39, 0.29) is 18.1 Å². The molecular formula is C27H26BrNO3. The Hall–Kier alpha value is -2.76. The molecule has 1 amide bonds. The van der Waals surface area contributed by atoms with Crippen molar-refractivity contribution in [3.8, 4) is 0 Å². The van der Waals surface area contributed by atoms with E-state index in [9.17, 15) is 14.7 Å². The van der Waals surface area contributed by atoms with E-state index in [4.69, 9.17) is 0 Å². The Kier molecular flexibility index (Phi) is 6.06. The van der Waals surface area contributed by atoms with Gasteiger partial charge in [0.25, 0.3) is 5.91 Å². The summed E-state index contributed by atoms with van der Waals surface area (Å²) in [5.41, 5.74) is 2.57. The fourth-order valence-corrected chi connectivity index (χ4v) is 4.60.